The van der Waals surface area contributed by atoms with E-state index in [9.17, 15) is 0 Å². The molecule has 0 atom stereocenters. The molecule has 0 radical (unpaired) electrons. The first kappa shape index (κ1) is 16.0. The average Bonchev–Trinajstić information content (AvgIpc) is 2.36. The van der Waals surface area contributed by atoms with Gasteiger partial charge in [-0.05, 0) is 45.4 Å². The van der Waals surface area contributed by atoms with Crippen LogP contribution in [-0.2, 0) is 11.3 Å². The minimum Gasteiger partial charge on any atom is -0.493 e. The van der Waals surface area contributed by atoms with Crippen molar-refractivity contribution < 1.29 is 9.47 Å². The van der Waals surface area contributed by atoms with Gasteiger partial charge in [-0.2, -0.15) is 0 Å². The summed E-state index contributed by atoms with van der Waals surface area (Å²) in [6.07, 6.45) is 0.929. The smallest absolute Gasteiger partial charge is 0.119 e. The molecular weight excluding hydrogens is 238 g/mol. The van der Waals surface area contributed by atoms with E-state index in [4.69, 9.17) is 9.47 Å². The van der Waals surface area contributed by atoms with Crippen LogP contribution in [0.1, 0.15) is 39.7 Å². The van der Waals surface area contributed by atoms with Gasteiger partial charge < -0.3 is 14.8 Å². The molecule has 108 valence electrons. The summed E-state index contributed by atoms with van der Waals surface area (Å²) in [4.78, 5) is 0. The van der Waals surface area contributed by atoms with Gasteiger partial charge >= 0.3 is 0 Å². The Morgan fingerprint density at radius 3 is 2.63 bits per heavy atom. The van der Waals surface area contributed by atoms with E-state index in [1.807, 2.05) is 19.1 Å². The first-order valence-electron chi connectivity index (χ1n) is 7.06. The first-order chi connectivity index (χ1) is 9.01. The molecule has 0 unspecified atom stereocenters. The van der Waals surface area contributed by atoms with Gasteiger partial charge in [-0.1, -0.05) is 12.1 Å². The Bertz CT molecular complexity index is 358. The molecule has 0 bridgehead atoms. The van der Waals surface area contributed by atoms with Crippen LogP contribution in [-0.4, -0.2) is 25.4 Å². The molecule has 0 amide bonds. The molecule has 1 aromatic carbocycles. The Morgan fingerprint density at radius 2 is 1.95 bits per heavy atom. The number of hydrogen-bond acceptors (Lipinski definition) is 3. The predicted molar refractivity (Wildman–Crippen MR) is 79.6 cm³/mol. The SMILES string of the molecule is CCOCCCOc1cccc(CNC(C)(C)C)c1. The van der Waals surface area contributed by atoms with E-state index in [1.165, 1.54) is 5.56 Å². The fraction of sp³-hybridized carbons (Fsp3) is 0.625. The van der Waals surface area contributed by atoms with Crippen LogP contribution in [0, 0.1) is 0 Å². The van der Waals surface area contributed by atoms with Crippen LogP contribution in [0.4, 0.5) is 0 Å². The van der Waals surface area contributed by atoms with Crippen LogP contribution in [0.25, 0.3) is 0 Å². The van der Waals surface area contributed by atoms with Crippen LogP contribution in [0.3, 0.4) is 0 Å². The van der Waals surface area contributed by atoms with Crippen molar-refractivity contribution in [1.82, 2.24) is 5.32 Å². The van der Waals surface area contributed by atoms with Crippen LogP contribution < -0.4 is 10.1 Å². The lowest BCUT2D eigenvalue weighted by Gasteiger charge is -2.20. The summed E-state index contributed by atoms with van der Waals surface area (Å²) >= 11 is 0. The van der Waals surface area contributed by atoms with Gasteiger partial charge in [0.2, 0.25) is 0 Å². The molecule has 0 aliphatic heterocycles. The predicted octanol–water partition coefficient (Wildman–Crippen LogP) is 3.38. The van der Waals surface area contributed by atoms with Crippen molar-refractivity contribution in [3.8, 4) is 5.75 Å². The van der Waals surface area contributed by atoms with E-state index in [2.05, 4.69) is 38.2 Å². The van der Waals surface area contributed by atoms with E-state index in [1.54, 1.807) is 0 Å². The van der Waals surface area contributed by atoms with Gasteiger partial charge in [0.25, 0.3) is 0 Å². The average molecular weight is 265 g/mol. The molecule has 0 saturated heterocycles. The van der Waals surface area contributed by atoms with Crippen molar-refractivity contribution >= 4 is 0 Å². The molecule has 0 aromatic heterocycles. The van der Waals surface area contributed by atoms with E-state index >= 15 is 0 Å². The fourth-order valence-electron chi connectivity index (χ4n) is 1.61. The van der Waals surface area contributed by atoms with Crippen molar-refractivity contribution in [2.75, 3.05) is 19.8 Å². The summed E-state index contributed by atoms with van der Waals surface area (Å²) < 4.78 is 11.0. The summed E-state index contributed by atoms with van der Waals surface area (Å²) in [6.45, 7) is 11.6. The van der Waals surface area contributed by atoms with Crippen molar-refractivity contribution in [3.63, 3.8) is 0 Å². The third kappa shape index (κ3) is 7.85. The molecule has 0 saturated carbocycles. The number of ether oxygens (including phenoxy) is 2. The summed E-state index contributed by atoms with van der Waals surface area (Å²) in [5.74, 6) is 0.935. The molecule has 3 nitrogen and oxygen atoms in total. The standard InChI is InChI=1S/C16H27NO2/c1-5-18-10-7-11-19-15-9-6-8-14(12-15)13-17-16(2,3)4/h6,8-9,12,17H,5,7,10-11,13H2,1-4H3. The van der Waals surface area contributed by atoms with Gasteiger partial charge in [0, 0.05) is 31.7 Å². The van der Waals surface area contributed by atoms with E-state index in [-0.39, 0.29) is 5.54 Å². The minimum atomic E-state index is 0.133. The largest absolute Gasteiger partial charge is 0.493 e. The van der Waals surface area contributed by atoms with Crippen LogP contribution >= 0.6 is 0 Å². The normalized spacial score (nSPS) is 11.6. The van der Waals surface area contributed by atoms with Gasteiger partial charge in [0.15, 0.2) is 0 Å². The second kappa shape index (κ2) is 8.18. The van der Waals surface area contributed by atoms with Crippen molar-refractivity contribution in [1.29, 1.82) is 0 Å². The quantitative estimate of drug-likeness (QED) is 0.731. The number of hydrogen-bond donors (Lipinski definition) is 1. The third-order valence-corrected chi connectivity index (χ3v) is 2.63. The molecule has 0 aliphatic rings. The molecule has 0 aliphatic carbocycles. The lowest BCUT2D eigenvalue weighted by molar-refractivity contribution is 0.131. The van der Waals surface area contributed by atoms with Crippen molar-refractivity contribution in [2.24, 2.45) is 0 Å². The number of rotatable bonds is 8. The molecule has 0 spiro atoms. The highest BCUT2D eigenvalue weighted by Crippen LogP contribution is 2.14. The van der Waals surface area contributed by atoms with E-state index in [0.29, 0.717) is 6.61 Å². The fourth-order valence-corrected chi connectivity index (χ4v) is 1.61. The van der Waals surface area contributed by atoms with Crippen molar-refractivity contribution in [3.05, 3.63) is 29.8 Å². The van der Waals surface area contributed by atoms with Crippen LogP contribution in [0.2, 0.25) is 0 Å². The third-order valence-electron chi connectivity index (χ3n) is 2.63. The Morgan fingerprint density at radius 1 is 1.16 bits per heavy atom. The summed E-state index contributed by atoms with van der Waals surface area (Å²) in [5, 5.41) is 3.47. The van der Waals surface area contributed by atoms with E-state index in [0.717, 1.165) is 31.9 Å². The lowest BCUT2D eigenvalue weighted by atomic mass is 10.1. The molecule has 1 rings (SSSR count). The minimum absolute atomic E-state index is 0.133. The molecule has 1 aromatic rings. The zero-order valence-corrected chi connectivity index (χ0v) is 12.7. The second-order valence-electron chi connectivity index (χ2n) is 5.65. The zero-order chi connectivity index (χ0) is 14.1. The Labute approximate surface area is 117 Å². The number of nitrogens with one attached hydrogen (secondary N) is 1. The highest BCUT2D eigenvalue weighted by Gasteiger charge is 2.08. The van der Waals surface area contributed by atoms with Gasteiger partial charge in [0.05, 0.1) is 6.61 Å². The van der Waals surface area contributed by atoms with Gasteiger partial charge in [-0.25, -0.2) is 0 Å². The summed E-state index contributed by atoms with van der Waals surface area (Å²) in [5.41, 5.74) is 1.38. The van der Waals surface area contributed by atoms with Crippen molar-refractivity contribution in [2.45, 2.75) is 46.2 Å². The highest BCUT2D eigenvalue weighted by atomic mass is 16.5. The Hall–Kier alpha value is -1.06. The molecule has 3 heteroatoms. The van der Waals surface area contributed by atoms with Crippen LogP contribution in [0.5, 0.6) is 5.75 Å². The number of benzene rings is 1. The maximum atomic E-state index is 5.72. The summed E-state index contributed by atoms with van der Waals surface area (Å²) in [7, 11) is 0. The Kier molecular flexibility index (Phi) is 6.89. The lowest BCUT2D eigenvalue weighted by Crippen LogP contribution is -2.35. The first-order valence-corrected chi connectivity index (χ1v) is 7.06. The maximum Gasteiger partial charge on any atom is 0.119 e. The maximum absolute atomic E-state index is 5.72. The topological polar surface area (TPSA) is 30.5 Å². The Balaban J connectivity index is 2.35. The molecule has 1 N–H and O–H groups in total. The highest BCUT2D eigenvalue weighted by molar-refractivity contribution is 5.28. The van der Waals surface area contributed by atoms with Gasteiger partial charge in [0.1, 0.15) is 5.75 Å². The zero-order valence-electron chi connectivity index (χ0n) is 12.7. The summed E-state index contributed by atoms with van der Waals surface area (Å²) in [6, 6.07) is 8.25. The molecule has 0 fully saturated rings. The van der Waals surface area contributed by atoms with E-state index < -0.39 is 0 Å². The monoisotopic (exact) mass is 265 g/mol. The second-order valence-corrected chi connectivity index (χ2v) is 5.65. The van der Waals surface area contributed by atoms with Gasteiger partial charge in [-0.3, -0.25) is 0 Å². The van der Waals surface area contributed by atoms with Gasteiger partial charge in [-0.15, -0.1) is 0 Å². The molecule has 19 heavy (non-hydrogen) atoms. The molecule has 0 heterocycles. The molecular formula is C16H27NO2. The van der Waals surface area contributed by atoms with Crippen LogP contribution in [0.15, 0.2) is 24.3 Å².